The minimum absolute atomic E-state index is 0.000230. The predicted octanol–water partition coefficient (Wildman–Crippen LogP) is 1.68. The van der Waals surface area contributed by atoms with Crippen LogP contribution in [-0.2, 0) is 6.61 Å². The van der Waals surface area contributed by atoms with Crippen LogP contribution in [-0.4, -0.2) is 10.8 Å². The number of nitrogens with zero attached hydrogens (tertiary/aromatic N) is 1. The molecule has 0 bridgehead atoms. The van der Waals surface area contributed by atoms with Gasteiger partial charge >= 0.3 is 0 Å². The standard InChI is InChI=1S/C13H13N3O5/c1-8-4-10(16(18)19)2-3-12(8)21-7-11-5-9(6-20-11)13(17)15-14/h2-6H,7,14H2,1H3,(H,15,17). The van der Waals surface area contributed by atoms with Crippen LogP contribution in [0.3, 0.4) is 0 Å². The van der Waals surface area contributed by atoms with Crippen molar-refractivity contribution in [3.8, 4) is 5.75 Å². The lowest BCUT2D eigenvalue weighted by molar-refractivity contribution is -0.384. The zero-order valence-corrected chi connectivity index (χ0v) is 11.2. The Bertz CT molecular complexity index is 680. The van der Waals surface area contributed by atoms with Crippen molar-refractivity contribution >= 4 is 11.6 Å². The van der Waals surface area contributed by atoms with E-state index in [0.29, 0.717) is 17.1 Å². The monoisotopic (exact) mass is 291 g/mol. The zero-order chi connectivity index (χ0) is 15.4. The number of carbonyl (C=O) groups is 1. The van der Waals surface area contributed by atoms with E-state index in [9.17, 15) is 14.9 Å². The maximum atomic E-state index is 11.3. The smallest absolute Gasteiger partial charge is 0.269 e. The van der Waals surface area contributed by atoms with Crippen molar-refractivity contribution < 1.29 is 18.9 Å². The van der Waals surface area contributed by atoms with Gasteiger partial charge in [-0.2, -0.15) is 0 Å². The predicted molar refractivity (Wildman–Crippen MR) is 72.5 cm³/mol. The minimum Gasteiger partial charge on any atom is -0.485 e. The Balaban J connectivity index is 2.04. The number of nitro benzene ring substituents is 1. The number of hydrazine groups is 1. The molecule has 110 valence electrons. The van der Waals surface area contributed by atoms with Gasteiger partial charge in [0.05, 0.1) is 10.5 Å². The van der Waals surface area contributed by atoms with E-state index in [4.69, 9.17) is 15.0 Å². The molecule has 0 aliphatic carbocycles. The average molecular weight is 291 g/mol. The Morgan fingerprint density at radius 3 is 2.86 bits per heavy atom. The number of hydrogen-bond donors (Lipinski definition) is 2. The van der Waals surface area contributed by atoms with E-state index >= 15 is 0 Å². The van der Waals surface area contributed by atoms with Crippen LogP contribution in [0.15, 0.2) is 34.9 Å². The number of non-ortho nitro benzene ring substituents is 1. The molecule has 8 heteroatoms. The fourth-order valence-corrected chi connectivity index (χ4v) is 1.72. The van der Waals surface area contributed by atoms with Crippen LogP contribution in [0.25, 0.3) is 0 Å². The lowest BCUT2D eigenvalue weighted by atomic mass is 10.2. The SMILES string of the molecule is Cc1cc([N+](=O)[O-])ccc1OCc1cc(C(=O)NN)co1. The zero-order valence-electron chi connectivity index (χ0n) is 11.2. The molecule has 1 aromatic heterocycles. The molecule has 2 aromatic rings. The maximum Gasteiger partial charge on any atom is 0.269 e. The van der Waals surface area contributed by atoms with Crippen molar-refractivity contribution in [2.45, 2.75) is 13.5 Å². The van der Waals surface area contributed by atoms with E-state index in [2.05, 4.69) is 0 Å². The van der Waals surface area contributed by atoms with Gasteiger partial charge in [-0.15, -0.1) is 0 Å². The summed E-state index contributed by atoms with van der Waals surface area (Å²) in [4.78, 5) is 21.4. The van der Waals surface area contributed by atoms with Crippen molar-refractivity contribution in [3.05, 3.63) is 57.5 Å². The van der Waals surface area contributed by atoms with Crippen molar-refractivity contribution in [1.29, 1.82) is 0 Å². The van der Waals surface area contributed by atoms with Crippen LogP contribution in [0.4, 0.5) is 5.69 Å². The summed E-state index contributed by atoms with van der Waals surface area (Å²) in [6, 6.07) is 5.80. The molecule has 0 aliphatic rings. The van der Waals surface area contributed by atoms with Gasteiger partial charge in [0.25, 0.3) is 11.6 Å². The number of furan rings is 1. The van der Waals surface area contributed by atoms with E-state index in [-0.39, 0.29) is 17.9 Å². The highest BCUT2D eigenvalue weighted by atomic mass is 16.6. The molecule has 0 atom stereocenters. The Labute approximate surface area is 119 Å². The van der Waals surface area contributed by atoms with Gasteiger partial charge in [0.15, 0.2) is 0 Å². The van der Waals surface area contributed by atoms with Gasteiger partial charge in [0.1, 0.15) is 24.4 Å². The number of nitrogen functional groups attached to an aromatic ring is 1. The Morgan fingerprint density at radius 1 is 1.48 bits per heavy atom. The number of ether oxygens (including phenoxy) is 1. The van der Waals surface area contributed by atoms with E-state index in [1.54, 1.807) is 6.92 Å². The van der Waals surface area contributed by atoms with Crippen LogP contribution in [0.1, 0.15) is 21.7 Å². The Kier molecular flexibility index (Phi) is 4.19. The molecule has 1 amide bonds. The van der Waals surface area contributed by atoms with Gasteiger partial charge in [-0.3, -0.25) is 20.3 Å². The van der Waals surface area contributed by atoms with Gasteiger partial charge in [-0.25, -0.2) is 5.84 Å². The topological polar surface area (TPSA) is 121 Å². The number of nitrogens with two attached hydrogens (primary N) is 1. The lowest BCUT2D eigenvalue weighted by Gasteiger charge is -2.07. The van der Waals surface area contributed by atoms with Crippen molar-refractivity contribution in [2.75, 3.05) is 0 Å². The van der Waals surface area contributed by atoms with Gasteiger partial charge in [-0.05, 0) is 24.6 Å². The number of amides is 1. The van der Waals surface area contributed by atoms with Crippen molar-refractivity contribution in [1.82, 2.24) is 5.43 Å². The molecule has 21 heavy (non-hydrogen) atoms. The van der Waals surface area contributed by atoms with Gasteiger partial charge in [0, 0.05) is 12.1 Å². The summed E-state index contributed by atoms with van der Waals surface area (Å²) >= 11 is 0. The third-order valence-corrected chi connectivity index (χ3v) is 2.79. The quantitative estimate of drug-likeness (QED) is 0.374. The third kappa shape index (κ3) is 3.37. The molecule has 3 N–H and O–H groups in total. The number of carbonyl (C=O) groups excluding carboxylic acids is 1. The van der Waals surface area contributed by atoms with Crippen LogP contribution >= 0.6 is 0 Å². The molecule has 2 rings (SSSR count). The van der Waals surface area contributed by atoms with Gasteiger partial charge in [-0.1, -0.05) is 0 Å². The normalized spacial score (nSPS) is 10.2. The van der Waals surface area contributed by atoms with E-state index < -0.39 is 10.8 Å². The van der Waals surface area contributed by atoms with E-state index in [0.717, 1.165) is 0 Å². The average Bonchev–Trinajstić information content (AvgIpc) is 2.93. The number of rotatable bonds is 5. The number of nitrogens with one attached hydrogen (secondary N) is 1. The minimum atomic E-state index is -0.471. The van der Waals surface area contributed by atoms with Crippen LogP contribution < -0.4 is 16.0 Å². The van der Waals surface area contributed by atoms with E-state index in [1.807, 2.05) is 5.43 Å². The first-order valence-electron chi connectivity index (χ1n) is 5.97. The summed E-state index contributed by atoms with van der Waals surface area (Å²) in [7, 11) is 0. The Hall–Kier alpha value is -2.87. The highest BCUT2D eigenvalue weighted by molar-refractivity contribution is 5.93. The first-order chi connectivity index (χ1) is 10.0. The van der Waals surface area contributed by atoms with Crippen molar-refractivity contribution in [3.63, 3.8) is 0 Å². The maximum absolute atomic E-state index is 11.3. The van der Waals surface area contributed by atoms with Gasteiger partial charge in [0.2, 0.25) is 0 Å². The molecule has 0 saturated carbocycles. The molecular formula is C13H13N3O5. The largest absolute Gasteiger partial charge is 0.485 e. The number of benzene rings is 1. The molecule has 1 heterocycles. The van der Waals surface area contributed by atoms with Crippen LogP contribution in [0.5, 0.6) is 5.75 Å². The number of hydrogen-bond acceptors (Lipinski definition) is 6. The molecule has 1 aromatic carbocycles. The number of nitro groups is 1. The first-order valence-corrected chi connectivity index (χ1v) is 5.97. The van der Waals surface area contributed by atoms with Crippen LogP contribution in [0.2, 0.25) is 0 Å². The third-order valence-electron chi connectivity index (χ3n) is 2.79. The summed E-state index contributed by atoms with van der Waals surface area (Å²) in [6.45, 7) is 1.80. The molecule has 0 spiro atoms. The second kappa shape index (κ2) is 6.06. The molecule has 0 unspecified atom stereocenters. The molecule has 8 nitrogen and oxygen atoms in total. The second-order valence-corrected chi connectivity index (χ2v) is 4.27. The van der Waals surface area contributed by atoms with Crippen molar-refractivity contribution in [2.24, 2.45) is 5.84 Å². The molecule has 0 fully saturated rings. The second-order valence-electron chi connectivity index (χ2n) is 4.27. The first kappa shape index (κ1) is 14.5. The molecular weight excluding hydrogens is 278 g/mol. The number of aryl methyl sites for hydroxylation is 1. The van der Waals surface area contributed by atoms with Crippen LogP contribution in [0, 0.1) is 17.0 Å². The fourth-order valence-electron chi connectivity index (χ4n) is 1.72. The summed E-state index contributed by atoms with van der Waals surface area (Å²) in [5.41, 5.74) is 2.91. The fraction of sp³-hybridized carbons (Fsp3) is 0.154. The Morgan fingerprint density at radius 2 is 2.24 bits per heavy atom. The summed E-state index contributed by atoms with van der Waals surface area (Å²) < 4.78 is 10.7. The highest BCUT2D eigenvalue weighted by Gasteiger charge is 2.11. The molecule has 0 aliphatic heterocycles. The van der Waals surface area contributed by atoms with Gasteiger partial charge < -0.3 is 9.15 Å². The van der Waals surface area contributed by atoms with E-state index in [1.165, 1.54) is 30.5 Å². The molecule has 0 saturated heterocycles. The summed E-state index contributed by atoms with van der Waals surface area (Å²) in [6.07, 6.45) is 1.27. The molecule has 0 radical (unpaired) electrons. The summed E-state index contributed by atoms with van der Waals surface area (Å²) in [5, 5.41) is 10.6. The lowest BCUT2D eigenvalue weighted by Crippen LogP contribution is -2.29. The highest BCUT2D eigenvalue weighted by Crippen LogP contribution is 2.24. The summed E-state index contributed by atoms with van der Waals surface area (Å²) in [5.74, 6) is 5.49.